The molecule has 1 aromatic carbocycles. The smallest absolute Gasteiger partial charge is 0.292 e. The van der Waals surface area contributed by atoms with E-state index < -0.39 is 37.5 Å². The van der Waals surface area contributed by atoms with Gasteiger partial charge in [0.05, 0.1) is 17.1 Å². The number of hydrogen-bond acceptors (Lipinski definition) is 5. The quantitative estimate of drug-likeness (QED) is 0.598. The van der Waals surface area contributed by atoms with Crippen molar-refractivity contribution in [3.8, 4) is 0 Å². The van der Waals surface area contributed by atoms with E-state index >= 15 is 0 Å². The summed E-state index contributed by atoms with van der Waals surface area (Å²) < 4.78 is 38.3. The molecule has 0 bridgehead atoms. The summed E-state index contributed by atoms with van der Waals surface area (Å²) in [6.45, 7) is 1.05. The molecule has 0 saturated carbocycles. The van der Waals surface area contributed by atoms with Gasteiger partial charge in [0, 0.05) is 6.54 Å². The van der Waals surface area contributed by atoms with Crippen molar-refractivity contribution in [3.63, 3.8) is 0 Å². The Morgan fingerprint density at radius 3 is 2.67 bits per heavy atom. The van der Waals surface area contributed by atoms with Gasteiger partial charge in [0.15, 0.2) is 4.90 Å². The maximum absolute atomic E-state index is 12.9. The Hall–Kier alpha value is -1.58. The Morgan fingerprint density at radius 1 is 1.56 bits per heavy atom. The van der Waals surface area contributed by atoms with Gasteiger partial charge in [-0.15, -0.1) is 0 Å². The van der Waals surface area contributed by atoms with E-state index in [-0.39, 0.29) is 6.54 Å². The zero-order valence-electron chi connectivity index (χ0n) is 9.33. The van der Waals surface area contributed by atoms with Crippen LogP contribution >= 0.6 is 0 Å². The van der Waals surface area contributed by atoms with E-state index in [1.807, 2.05) is 4.72 Å². The molecule has 1 atom stereocenters. The lowest BCUT2D eigenvalue weighted by molar-refractivity contribution is -0.388. The van der Waals surface area contributed by atoms with Crippen LogP contribution in [-0.2, 0) is 10.0 Å². The molecule has 0 aliphatic carbocycles. The molecule has 0 aliphatic rings. The monoisotopic (exact) mass is 278 g/mol. The van der Waals surface area contributed by atoms with Crippen LogP contribution in [0, 0.1) is 15.9 Å². The van der Waals surface area contributed by atoms with E-state index in [4.69, 9.17) is 5.11 Å². The minimum Gasteiger partial charge on any atom is -0.392 e. The number of rotatable bonds is 5. The number of aliphatic hydroxyl groups excluding tert-OH is 1. The lowest BCUT2D eigenvalue weighted by Crippen LogP contribution is -2.31. The standard InChI is InChI=1S/C9H11FN2O5S/c1-6(13)5-11-18(16,17)9-3-2-7(10)4-8(9)12(14)15/h2-4,6,11,13H,5H2,1H3/t6-/m1/s1. The molecule has 0 heterocycles. The van der Waals surface area contributed by atoms with Gasteiger partial charge in [-0.2, -0.15) is 0 Å². The molecular formula is C9H11FN2O5S. The summed E-state index contributed by atoms with van der Waals surface area (Å²) in [6, 6.07) is 2.14. The second-order valence-electron chi connectivity index (χ2n) is 3.57. The molecular weight excluding hydrogens is 267 g/mol. The van der Waals surface area contributed by atoms with Crippen LogP contribution in [0.4, 0.5) is 10.1 Å². The second-order valence-corrected chi connectivity index (χ2v) is 5.31. The number of aliphatic hydroxyl groups is 1. The van der Waals surface area contributed by atoms with Crippen molar-refractivity contribution in [2.75, 3.05) is 6.54 Å². The summed E-state index contributed by atoms with van der Waals surface area (Å²) in [7, 11) is -4.17. The SMILES string of the molecule is C[C@@H](O)CNS(=O)(=O)c1ccc(F)cc1[N+](=O)[O-]. The molecule has 9 heteroatoms. The Kier molecular flexibility index (Phi) is 4.33. The number of hydrogen-bond donors (Lipinski definition) is 2. The second kappa shape index (κ2) is 5.38. The molecule has 0 spiro atoms. The normalized spacial score (nSPS) is 13.3. The third kappa shape index (κ3) is 3.45. The molecule has 0 amide bonds. The summed E-state index contributed by atoms with van der Waals surface area (Å²) in [5.74, 6) is -0.906. The summed E-state index contributed by atoms with van der Waals surface area (Å²) in [4.78, 5) is 9.03. The van der Waals surface area contributed by atoms with Gasteiger partial charge in [-0.25, -0.2) is 17.5 Å². The number of benzene rings is 1. The highest BCUT2D eigenvalue weighted by Gasteiger charge is 2.26. The molecule has 0 saturated heterocycles. The van der Waals surface area contributed by atoms with Crippen molar-refractivity contribution < 1.29 is 22.8 Å². The number of sulfonamides is 1. The van der Waals surface area contributed by atoms with E-state index in [9.17, 15) is 22.9 Å². The Balaban J connectivity index is 3.20. The molecule has 0 radical (unpaired) electrons. The van der Waals surface area contributed by atoms with Crippen LogP contribution in [0.1, 0.15) is 6.92 Å². The van der Waals surface area contributed by atoms with Crippen LogP contribution in [0.15, 0.2) is 23.1 Å². The van der Waals surface area contributed by atoms with Gasteiger partial charge in [-0.05, 0) is 19.1 Å². The van der Waals surface area contributed by atoms with Crippen molar-refractivity contribution in [1.82, 2.24) is 4.72 Å². The first-order chi connectivity index (χ1) is 8.24. The largest absolute Gasteiger partial charge is 0.392 e. The lowest BCUT2D eigenvalue weighted by Gasteiger charge is -2.08. The highest BCUT2D eigenvalue weighted by Crippen LogP contribution is 2.24. The molecule has 18 heavy (non-hydrogen) atoms. The summed E-state index contributed by atoms with van der Waals surface area (Å²) >= 11 is 0. The van der Waals surface area contributed by atoms with Crippen LogP contribution < -0.4 is 4.72 Å². The highest BCUT2D eigenvalue weighted by atomic mass is 32.2. The van der Waals surface area contributed by atoms with E-state index in [0.29, 0.717) is 6.07 Å². The number of nitro groups is 1. The van der Waals surface area contributed by atoms with E-state index in [0.717, 1.165) is 12.1 Å². The highest BCUT2D eigenvalue weighted by molar-refractivity contribution is 7.89. The minimum atomic E-state index is -4.17. The van der Waals surface area contributed by atoms with Gasteiger partial charge in [0.25, 0.3) is 5.69 Å². The molecule has 1 aromatic rings. The first-order valence-corrected chi connectivity index (χ1v) is 6.34. The number of nitrogens with zero attached hydrogens (tertiary/aromatic N) is 1. The number of halogens is 1. The third-order valence-electron chi connectivity index (χ3n) is 1.98. The molecule has 0 aliphatic heterocycles. The van der Waals surface area contributed by atoms with Gasteiger partial charge in [-0.3, -0.25) is 10.1 Å². The molecule has 0 fully saturated rings. The minimum absolute atomic E-state index is 0.295. The zero-order chi connectivity index (χ0) is 13.9. The van der Waals surface area contributed by atoms with Gasteiger partial charge >= 0.3 is 0 Å². The van der Waals surface area contributed by atoms with Gasteiger partial charge in [0.2, 0.25) is 10.0 Å². The summed E-state index contributed by atoms with van der Waals surface area (Å²) in [6.07, 6.45) is -0.945. The summed E-state index contributed by atoms with van der Waals surface area (Å²) in [5.41, 5.74) is -0.854. The molecule has 2 N–H and O–H groups in total. The molecule has 0 unspecified atom stereocenters. The Morgan fingerprint density at radius 2 is 2.17 bits per heavy atom. The lowest BCUT2D eigenvalue weighted by atomic mass is 10.3. The van der Waals surface area contributed by atoms with Gasteiger partial charge in [-0.1, -0.05) is 0 Å². The predicted octanol–water partition coefficient (Wildman–Crippen LogP) is 0.393. The van der Waals surface area contributed by atoms with Crippen LogP contribution in [-0.4, -0.2) is 31.1 Å². The maximum atomic E-state index is 12.9. The fraction of sp³-hybridized carbons (Fsp3) is 0.333. The van der Waals surface area contributed by atoms with Crippen molar-refractivity contribution in [2.24, 2.45) is 0 Å². The van der Waals surface area contributed by atoms with Crippen molar-refractivity contribution in [2.45, 2.75) is 17.9 Å². The van der Waals surface area contributed by atoms with Crippen LogP contribution in [0.25, 0.3) is 0 Å². The topological polar surface area (TPSA) is 110 Å². The van der Waals surface area contributed by atoms with E-state index in [2.05, 4.69) is 0 Å². The Labute approximate surface area is 102 Å². The van der Waals surface area contributed by atoms with Crippen LogP contribution in [0.5, 0.6) is 0 Å². The maximum Gasteiger partial charge on any atom is 0.292 e. The average Bonchev–Trinajstić information content (AvgIpc) is 2.26. The van der Waals surface area contributed by atoms with Gasteiger partial charge < -0.3 is 5.11 Å². The van der Waals surface area contributed by atoms with Crippen LogP contribution in [0.2, 0.25) is 0 Å². The average molecular weight is 278 g/mol. The molecule has 7 nitrogen and oxygen atoms in total. The van der Waals surface area contributed by atoms with Crippen molar-refractivity contribution >= 4 is 15.7 Å². The number of nitrogens with one attached hydrogen (secondary N) is 1. The molecule has 0 aromatic heterocycles. The fourth-order valence-electron chi connectivity index (χ4n) is 1.17. The fourth-order valence-corrected chi connectivity index (χ4v) is 2.44. The Bertz CT molecular complexity index is 558. The summed E-state index contributed by atoms with van der Waals surface area (Å²) in [5, 5.41) is 19.6. The predicted molar refractivity (Wildman–Crippen MR) is 59.9 cm³/mol. The molecule has 1 rings (SSSR count). The molecule has 100 valence electrons. The third-order valence-corrected chi connectivity index (χ3v) is 3.45. The van der Waals surface area contributed by atoms with E-state index in [1.165, 1.54) is 6.92 Å². The van der Waals surface area contributed by atoms with Crippen molar-refractivity contribution in [1.29, 1.82) is 0 Å². The van der Waals surface area contributed by atoms with E-state index in [1.54, 1.807) is 0 Å². The van der Waals surface area contributed by atoms with Crippen molar-refractivity contribution in [3.05, 3.63) is 34.1 Å². The zero-order valence-corrected chi connectivity index (χ0v) is 10.1. The van der Waals surface area contributed by atoms with Crippen LogP contribution in [0.3, 0.4) is 0 Å². The first-order valence-electron chi connectivity index (χ1n) is 4.85. The first kappa shape index (κ1) is 14.5. The van der Waals surface area contributed by atoms with Gasteiger partial charge in [0.1, 0.15) is 5.82 Å². The number of nitro benzene ring substituents is 1.